The molecule has 0 aliphatic rings. The van der Waals surface area contributed by atoms with Gasteiger partial charge in [0.15, 0.2) is 0 Å². The van der Waals surface area contributed by atoms with Gasteiger partial charge < -0.3 is 20.6 Å². The number of amides is 1. The molecule has 2 rings (SSSR count). The largest absolute Gasteiger partial charge is 0.394 e. The molecule has 0 fully saturated rings. The number of rotatable bonds is 7. The summed E-state index contributed by atoms with van der Waals surface area (Å²) in [6, 6.07) is 18.5. The van der Waals surface area contributed by atoms with Crippen molar-refractivity contribution in [3.8, 4) is 0 Å². The Hall–Kier alpha value is -2.21. The van der Waals surface area contributed by atoms with E-state index in [0.29, 0.717) is 0 Å². The number of nitrogens with one attached hydrogen (secondary N) is 1. The van der Waals surface area contributed by atoms with E-state index in [2.05, 4.69) is 5.32 Å². The van der Waals surface area contributed by atoms with Gasteiger partial charge in [0, 0.05) is 0 Å². The Kier molecular flexibility index (Phi) is 5.87. The van der Waals surface area contributed by atoms with E-state index in [-0.39, 0.29) is 5.91 Å². The highest BCUT2D eigenvalue weighted by Crippen LogP contribution is 2.25. The fourth-order valence-corrected chi connectivity index (χ4v) is 2.39. The van der Waals surface area contributed by atoms with Crippen molar-refractivity contribution in [1.82, 2.24) is 5.32 Å². The van der Waals surface area contributed by atoms with Crippen LogP contribution in [-0.4, -0.2) is 46.6 Å². The zero-order valence-electron chi connectivity index (χ0n) is 12.7. The summed E-state index contributed by atoms with van der Waals surface area (Å²) in [4.78, 5) is 12.8. The molecule has 0 saturated carbocycles. The van der Waals surface area contributed by atoms with Crippen LogP contribution in [0.3, 0.4) is 0 Å². The molecule has 0 bridgehead atoms. The fraction of sp³-hybridized carbons (Fsp3) is 0.278. The summed E-state index contributed by atoms with van der Waals surface area (Å²) in [5.74, 6) is -0.985. The van der Waals surface area contributed by atoms with Crippen LogP contribution in [0.4, 0.5) is 0 Å². The van der Waals surface area contributed by atoms with E-state index in [4.69, 9.17) is 0 Å². The van der Waals surface area contributed by atoms with Gasteiger partial charge in [-0.2, -0.15) is 0 Å². The quantitative estimate of drug-likeness (QED) is 0.604. The summed E-state index contributed by atoms with van der Waals surface area (Å²) in [5, 5.41) is 30.8. The second kappa shape index (κ2) is 7.87. The zero-order valence-corrected chi connectivity index (χ0v) is 12.7. The second-order valence-electron chi connectivity index (χ2n) is 5.50. The average molecular weight is 315 g/mol. The molecule has 4 N–H and O–H groups in total. The van der Waals surface area contributed by atoms with Crippen molar-refractivity contribution in [2.45, 2.75) is 11.5 Å². The standard InChI is InChI=1S/C18H21NO4/c20-11-18(12-21,13-22)19-17(23)16(14-7-3-1-4-8-14)15-9-5-2-6-10-15/h1-10,16,20-22H,11-13H2,(H,19,23). The molecule has 23 heavy (non-hydrogen) atoms. The van der Waals surface area contributed by atoms with Crippen molar-refractivity contribution in [2.24, 2.45) is 0 Å². The van der Waals surface area contributed by atoms with Crippen molar-refractivity contribution < 1.29 is 20.1 Å². The lowest BCUT2D eigenvalue weighted by Gasteiger charge is -2.31. The van der Waals surface area contributed by atoms with Gasteiger partial charge in [-0.15, -0.1) is 0 Å². The van der Waals surface area contributed by atoms with Gasteiger partial charge in [-0.25, -0.2) is 0 Å². The predicted molar refractivity (Wildman–Crippen MR) is 86.9 cm³/mol. The maximum atomic E-state index is 12.8. The first-order valence-corrected chi connectivity index (χ1v) is 7.40. The SMILES string of the molecule is O=C(NC(CO)(CO)CO)C(c1ccccc1)c1ccccc1. The molecule has 0 radical (unpaired) electrons. The molecule has 0 spiro atoms. The third kappa shape index (κ3) is 3.96. The second-order valence-corrected chi connectivity index (χ2v) is 5.50. The Morgan fingerprint density at radius 2 is 1.22 bits per heavy atom. The van der Waals surface area contributed by atoms with Gasteiger partial charge >= 0.3 is 0 Å². The number of hydrogen-bond donors (Lipinski definition) is 4. The van der Waals surface area contributed by atoms with Crippen molar-refractivity contribution in [3.63, 3.8) is 0 Å². The monoisotopic (exact) mass is 315 g/mol. The lowest BCUT2D eigenvalue weighted by Crippen LogP contribution is -2.58. The molecule has 0 atom stereocenters. The first-order chi connectivity index (χ1) is 11.2. The summed E-state index contributed by atoms with van der Waals surface area (Å²) in [6.07, 6.45) is 0. The molecule has 2 aromatic carbocycles. The van der Waals surface area contributed by atoms with E-state index in [1.54, 1.807) is 0 Å². The van der Waals surface area contributed by atoms with Crippen molar-refractivity contribution >= 4 is 5.91 Å². The van der Waals surface area contributed by atoms with Crippen LogP contribution in [0.1, 0.15) is 17.0 Å². The van der Waals surface area contributed by atoms with E-state index in [1.807, 2.05) is 60.7 Å². The molecule has 0 aromatic heterocycles. The third-order valence-electron chi connectivity index (χ3n) is 3.82. The summed E-state index contributed by atoms with van der Waals surface area (Å²) in [7, 11) is 0. The van der Waals surface area contributed by atoms with Gasteiger partial charge in [0.1, 0.15) is 5.54 Å². The molecular weight excluding hydrogens is 294 g/mol. The van der Waals surface area contributed by atoms with Crippen LogP contribution in [0.5, 0.6) is 0 Å². The number of carbonyl (C=O) groups is 1. The van der Waals surface area contributed by atoms with Gasteiger partial charge in [0.25, 0.3) is 0 Å². The zero-order chi connectivity index (χ0) is 16.7. The molecule has 5 nitrogen and oxygen atoms in total. The first kappa shape index (κ1) is 17.1. The van der Waals surface area contributed by atoms with Crippen LogP contribution in [0.25, 0.3) is 0 Å². The van der Waals surface area contributed by atoms with E-state index < -0.39 is 31.3 Å². The molecule has 0 aliphatic heterocycles. The highest BCUT2D eigenvalue weighted by Gasteiger charge is 2.33. The van der Waals surface area contributed by atoms with Gasteiger partial charge in [-0.3, -0.25) is 4.79 Å². The highest BCUT2D eigenvalue weighted by atomic mass is 16.3. The average Bonchev–Trinajstić information content (AvgIpc) is 2.62. The van der Waals surface area contributed by atoms with E-state index in [0.717, 1.165) is 11.1 Å². The Balaban J connectivity index is 2.37. The topological polar surface area (TPSA) is 89.8 Å². The maximum absolute atomic E-state index is 12.8. The van der Waals surface area contributed by atoms with E-state index in [9.17, 15) is 20.1 Å². The molecule has 122 valence electrons. The van der Waals surface area contributed by atoms with Crippen LogP contribution >= 0.6 is 0 Å². The summed E-state index contributed by atoms with van der Waals surface area (Å²) in [6.45, 7) is -1.66. The third-order valence-corrected chi connectivity index (χ3v) is 3.82. The van der Waals surface area contributed by atoms with E-state index >= 15 is 0 Å². The summed E-state index contributed by atoms with van der Waals surface area (Å²) >= 11 is 0. The molecular formula is C18H21NO4. The number of aliphatic hydroxyl groups is 3. The van der Waals surface area contributed by atoms with Crippen molar-refractivity contribution in [3.05, 3.63) is 71.8 Å². The minimum atomic E-state index is -1.45. The Morgan fingerprint density at radius 1 is 0.826 bits per heavy atom. The van der Waals surface area contributed by atoms with Crippen LogP contribution in [0.15, 0.2) is 60.7 Å². The Labute approximate surface area is 135 Å². The minimum absolute atomic E-state index is 0.389. The first-order valence-electron chi connectivity index (χ1n) is 7.40. The molecule has 5 heteroatoms. The number of carbonyl (C=O) groups excluding carboxylic acids is 1. The van der Waals surface area contributed by atoms with Gasteiger partial charge in [0.05, 0.1) is 25.7 Å². The molecule has 0 aliphatic carbocycles. The molecule has 0 saturated heterocycles. The van der Waals surface area contributed by atoms with Crippen molar-refractivity contribution in [1.29, 1.82) is 0 Å². The van der Waals surface area contributed by atoms with Crippen LogP contribution in [0, 0.1) is 0 Å². The lowest BCUT2D eigenvalue weighted by molar-refractivity contribution is -0.126. The molecule has 0 heterocycles. The summed E-state index contributed by atoms with van der Waals surface area (Å²) in [5.41, 5.74) is 0.136. The Morgan fingerprint density at radius 3 is 1.57 bits per heavy atom. The lowest BCUT2D eigenvalue weighted by atomic mass is 9.89. The van der Waals surface area contributed by atoms with Crippen LogP contribution in [-0.2, 0) is 4.79 Å². The molecule has 2 aromatic rings. The van der Waals surface area contributed by atoms with Gasteiger partial charge in [-0.1, -0.05) is 60.7 Å². The number of benzene rings is 2. The van der Waals surface area contributed by atoms with Crippen LogP contribution in [0.2, 0.25) is 0 Å². The van der Waals surface area contributed by atoms with E-state index in [1.165, 1.54) is 0 Å². The minimum Gasteiger partial charge on any atom is -0.394 e. The van der Waals surface area contributed by atoms with Crippen molar-refractivity contribution in [2.75, 3.05) is 19.8 Å². The smallest absolute Gasteiger partial charge is 0.232 e. The van der Waals surface area contributed by atoms with Gasteiger partial charge in [-0.05, 0) is 11.1 Å². The molecule has 1 amide bonds. The highest BCUT2D eigenvalue weighted by molar-refractivity contribution is 5.87. The Bertz CT molecular complexity index is 564. The normalized spacial score (nSPS) is 11.5. The fourth-order valence-electron chi connectivity index (χ4n) is 2.39. The van der Waals surface area contributed by atoms with Gasteiger partial charge in [0.2, 0.25) is 5.91 Å². The summed E-state index contributed by atoms with van der Waals surface area (Å²) < 4.78 is 0. The predicted octanol–water partition coefficient (Wildman–Crippen LogP) is 0.650. The van der Waals surface area contributed by atoms with Crippen LogP contribution < -0.4 is 5.32 Å². The molecule has 0 unspecified atom stereocenters. The number of hydrogen-bond acceptors (Lipinski definition) is 4. The number of aliphatic hydroxyl groups excluding tert-OH is 3. The maximum Gasteiger partial charge on any atom is 0.232 e.